The van der Waals surface area contributed by atoms with Crippen molar-refractivity contribution in [1.29, 1.82) is 0 Å². The number of nitro groups is 1. The Labute approximate surface area is 102 Å². The van der Waals surface area contributed by atoms with E-state index in [1.54, 1.807) is 19.1 Å². The molecule has 2 aromatic rings. The van der Waals surface area contributed by atoms with Crippen LogP contribution in [0.1, 0.15) is 5.69 Å². The Kier molecular flexibility index (Phi) is 2.72. The van der Waals surface area contributed by atoms with E-state index in [2.05, 4.69) is 5.10 Å². The molecule has 0 amide bonds. The Hall–Kier alpha value is -2.08. The Balaban J connectivity index is 2.67. The Morgan fingerprint density at radius 1 is 1.53 bits per heavy atom. The zero-order valence-corrected chi connectivity index (χ0v) is 9.68. The fourth-order valence-electron chi connectivity index (χ4n) is 1.49. The highest BCUT2D eigenvalue weighted by molar-refractivity contribution is 6.31. The van der Waals surface area contributed by atoms with Gasteiger partial charge in [0.2, 0.25) is 0 Å². The highest BCUT2D eigenvalue weighted by atomic mass is 35.5. The number of aryl methyl sites for hydroxylation is 1. The lowest BCUT2D eigenvalue weighted by Crippen LogP contribution is -2.03. The molecule has 0 aliphatic rings. The minimum absolute atomic E-state index is 0.0942. The number of hydrogen-bond acceptors (Lipinski definition) is 4. The van der Waals surface area contributed by atoms with Gasteiger partial charge in [0.25, 0.3) is 0 Å². The third kappa shape index (κ3) is 1.94. The first-order chi connectivity index (χ1) is 8.00. The molecule has 7 heteroatoms. The maximum atomic E-state index is 11.0. The van der Waals surface area contributed by atoms with Gasteiger partial charge in [0.15, 0.2) is 0 Å². The number of anilines is 1. The van der Waals surface area contributed by atoms with Crippen molar-refractivity contribution in [1.82, 2.24) is 9.78 Å². The SMILES string of the molecule is Cc1nn(-c2cccc(N)c2[N+](=O)[O-])cc1Cl. The van der Waals surface area contributed by atoms with Gasteiger partial charge < -0.3 is 5.73 Å². The first-order valence-corrected chi connectivity index (χ1v) is 5.13. The van der Waals surface area contributed by atoms with Crippen molar-refractivity contribution in [2.45, 2.75) is 6.92 Å². The lowest BCUT2D eigenvalue weighted by molar-refractivity contribution is -0.383. The average molecular weight is 253 g/mol. The van der Waals surface area contributed by atoms with Crippen LogP contribution in [0.25, 0.3) is 5.69 Å². The van der Waals surface area contributed by atoms with Gasteiger partial charge in [0, 0.05) is 6.20 Å². The molecule has 1 heterocycles. The minimum Gasteiger partial charge on any atom is -0.393 e. The van der Waals surface area contributed by atoms with E-state index in [0.717, 1.165) is 0 Å². The van der Waals surface area contributed by atoms with Crippen LogP contribution in [0.3, 0.4) is 0 Å². The van der Waals surface area contributed by atoms with Gasteiger partial charge in [-0.05, 0) is 19.1 Å². The Morgan fingerprint density at radius 3 is 2.76 bits per heavy atom. The minimum atomic E-state index is -0.532. The predicted molar refractivity (Wildman–Crippen MR) is 64.4 cm³/mol. The topological polar surface area (TPSA) is 87.0 Å². The van der Waals surface area contributed by atoms with Crippen LogP contribution in [0.5, 0.6) is 0 Å². The standard InChI is InChI=1S/C10H9ClN4O2/c1-6-7(11)5-14(13-6)9-4-2-3-8(12)10(9)15(16)17/h2-5H,12H2,1H3. The molecule has 2 N–H and O–H groups in total. The van der Waals surface area contributed by atoms with Crippen LogP contribution in [0, 0.1) is 17.0 Å². The van der Waals surface area contributed by atoms with Crippen molar-refractivity contribution in [2.75, 3.05) is 5.73 Å². The molecule has 0 bridgehead atoms. The molecule has 1 aromatic heterocycles. The van der Waals surface area contributed by atoms with Crippen LogP contribution in [0.2, 0.25) is 5.02 Å². The van der Waals surface area contributed by atoms with E-state index in [4.69, 9.17) is 17.3 Å². The zero-order valence-electron chi connectivity index (χ0n) is 8.92. The van der Waals surface area contributed by atoms with Gasteiger partial charge in [-0.25, -0.2) is 4.68 Å². The molecule has 0 saturated carbocycles. The quantitative estimate of drug-likeness (QED) is 0.505. The van der Waals surface area contributed by atoms with Crippen LogP contribution in [-0.2, 0) is 0 Å². The summed E-state index contributed by atoms with van der Waals surface area (Å²) in [5.74, 6) is 0. The smallest absolute Gasteiger partial charge is 0.317 e. The van der Waals surface area contributed by atoms with Crippen molar-refractivity contribution >= 4 is 23.0 Å². The van der Waals surface area contributed by atoms with E-state index in [1.165, 1.54) is 16.9 Å². The molecule has 0 unspecified atom stereocenters. The molecule has 2 rings (SSSR count). The number of nitrogens with two attached hydrogens (primary N) is 1. The van der Waals surface area contributed by atoms with Gasteiger partial charge in [0.05, 0.1) is 15.6 Å². The highest BCUT2D eigenvalue weighted by Crippen LogP contribution is 2.29. The first kappa shape index (κ1) is 11.4. The zero-order chi connectivity index (χ0) is 12.6. The second-order valence-corrected chi connectivity index (χ2v) is 3.89. The van der Waals surface area contributed by atoms with Crippen LogP contribution in [-0.4, -0.2) is 14.7 Å². The van der Waals surface area contributed by atoms with E-state index in [-0.39, 0.29) is 11.4 Å². The number of halogens is 1. The highest BCUT2D eigenvalue weighted by Gasteiger charge is 2.20. The number of hydrogen-bond donors (Lipinski definition) is 1. The van der Waals surface area contributed by atoms with Crippen LogP contribution in [0.15, 0.2) is 24.4 Å². The monoisotopic (exact) mass is 252 g/mol. The lowest BCUT2D eigenvalue weighted by Gasteiger charge is -2.04. The van der Waals surface area contributed by atoms with E-state index in [0.29, 0.717) is 16.4 Å². The summed E-state index contributed by atoms with van der Waals surface area (Å²) in [6, 6.07) is 4.67. The van der Waals surface area contributed by atoms with Crippen molar-refractivity contribution in [3.05, 3.63) is 45.2 Å². The largest absolute Gasteiger partial charge is 0.393 e. The van der Waals surface area contributed by atoms with E-state index < -0.39 is 4.92 Å². The number of aromatic nitrogens is 2. The average Bonchev–Trinajstić information content (AvgIpc) is 2.58. The third-order valence-corrected chi connectivity index (χ3v) is 2.69. The number of nitrogens with zero attached hydrogens (tertiary/aromatic N) is 3. The van der Waals surface area contributed by atoms with E-state index in [9.17, 15) is 10.1 Å². The summed E-state index contributed by atoms with van der Waals surface area (Å²) >= 11 is 5.87. The molecule has 17 heavy (non-hydrogen) atoms. The third-order valence-electron chi connectivity index (χ3n) is 2.31. The molecule has 0 aliphatic heterocycles. The second kappa shape index (κ2) is 4.06. The lowest BCUT2D eigenvalue weighted by atomic mass is 10.2. The van der Waals surface area contributed by atoms with Gasteiger partial charge in [-0.1, -0.05) is 17.7 Å². The molecule has 0 atom stereocenters. The Morgan fingerprint density at radius 2 is 2.24 bits per heavy atom. The molecular formula is C10H9ClN4O2. The fourth-order valence-corrected chi connectivity index (χ4v) is 1.63. The summed E-state index contributed by atoms with van der Waals surface area (Å²) in [5, 5.41) is 15.5. The summed E-state index contributed by atoms with van der Waals surface area (Å²) in [4.78, 5) is 10.4. The summed E-state index contributed by atoms with van der Waals surface area (Å²) in [5.41, 5.74) is 6.41. The maximum Gasteiger partial charge on any atom is 0.317 e. The molecule has 6 nitrogen and oxygen atoms in total. The first-order valence-electron chi connectivity index (χ1n) is 4.75. The van der Waals surface area contributed by atoms with Gasteiger partial charge in [0.1, 0.15) is 11.4 Å². The summed E-state index contributed by atoms with van der Waals surface area (Å²) < 4.78 is 1.35. The number of rotatable bonds is 2. The van der Waals surface area contributed by atoms with Gasteiger partial charge in [-0.3, -0.25) is 10.1 Å². The number of nitrogen functional groups attached to an aromatic ring is 1. The molecule has 0 fully saturated rings. The van der Waals surface area contributed by atoms with Crippen molar-refractivity contribution in [3.8, 4) is 5.69 Å². The molecule has 0 radical (unpaired) electrons. The molecule has 0 saturated heterocycles. The normalized spacial score (nSPS) is 10.5. The molecule has 1 aromatic carbocycles. The van der Waals surface area contributed by atoms with Crippen LogP contribution < -0.4 is 5.73 Å². The molecule has 88 valence electrons. The number of para-hydroxylation sites is 1. The number of benzene rings is 1. The van der Waals surface area contributed by atoms with Gasteiger partial charge >= 0.3 is 5.69 Å². The fraction of sp³-hybridized carbons (Fsp3) is 0.100. The number of nitro benzene ring substituents is 1. The van der Waals surface area contributed by atoms with E-state index in [1.807, 2.05) is 0 Å². The van der Waals surface area contributed by atoms with Gasteiger partial charge in [-0.2, -0.15) is 5.10 Å². The summed E-state index contributed by atoms with van der Waals surface area (Å²) in [6.07, 6.45) is 1.51. The van der Waals surface area contributed by atoms with Crippen molar-refractivity contribution < 1.29 is 4.92 Å². The van der Waals surface area contributed by atoms with Crippen LogP contribution in [0.4, 0.5) is 11.4 Å². The Bertz CT molecular complexity index is 574. The molecular weight excluding hydrogens is 244 g/mol. The maximum absolute atomic E-state index is 11.0. The second-order valence-electron chi connectivity index (χ2n) is 3.48. The molecule has 0 aliphatic carbocycles. The van der Waals surface area contributed by atoms with E-state index >= 15 is 0 Å². The van der Waals surface area contributed by atoms with Crippen molar-refractivity contribution in [2.24, 2.45) is 0 Å². The molecule has 0 spiro atoms. The van der Waals surface area contributed by atoms with Crippen LogP contribution >= 0.6 is 11.6 Å². The summed E-state index contributed by atoms with van der Waals surface area (Å²) in [6.45, 7) is 1.72. The predicted octanol–water partition coefficient (Wildman–Crippen LogP) is 2.32. The van der Waals surface area contributed by atoms with Gasteiger partial charge in [-0.15, -0.1) is 0 Å². The summed E-state index contributed by atoms with van der Waals surface area (Å²) in [7, 11) is 0. The van der Waals surface area contributed by atoms with Crippen molar-refractivity contribution in [3.63, 3.8) is 0 Å².